The summed E-state index contributed by atoms with van der Waals surface area (Å²) in [6, 6.07) is 1.56. The molecule has 1 aromatic rings. The first kappa shape index (κ1) is 12.8. The maximum atomic E-state index is 10.6. The van der Waals surface area contributed by atoms with E-state index >= 15 is 0 Å². The monoisotopic (exact) mass is 249 g/mol. The zero-order chi connectivity index (χ0) is 13.0. The van der Waals surface area contributed by atoms with Crippen molar-refractivity contribution in [1.29, 1.82) is 0 Å². The third kappa shape index (κ3) is 3.18. The molecule has 0 spiro atoms. The summed E-state index contributed by atoms with van der Waals surface area (Å²) in [6.07, 6.45) is 7.88. The Kier molecular flexibility index (Phi) is 4.12. The first-order valence-electron chi connectivity index (χ1n) is 6.51. The molecule has 0 radical (unpaired) electrons. The molecule has 1 aromatic heterocycles. The average Bonchev–Trinajstić information content (AvgIpc) is 2.84. The van der Waals surface area contributed by atoms with Crippen LogP contribution in [0.5, 0.6) is 0 Å². The SMILES string of the molecule is Cc1cc([N+](=O)[O-])cnc1NCCC1CCCC1. The van der Waals surface area contributed by atoms with Crippen molar-refractivity contribution in [2.75, 3.05) is 11.9 Å². The lowest BCUT2D eigenvalue weighted by atomic mass is 10.0. The number of aryl methyl sites for hydroxylation is 1. The van der Waals surface area contributed by atoms with E-state index in [0.29, 0.717) is 0 Å². The van der Waals surface area contributed by atoms with Crippen LogP contribution >= 0.6 is 0 Å². The number of nitro groups is 1. The summed E-state index contributed by atoms with van der Waals surface area (Å²) in [4.78, 5) is 14.3. The minimum Gasteiger partial charge on any atom is -0.370 e. The van der Waals surface area contributed by atoms with Gasteiger partial charge in [-0.25, -0.2) is 4.98 Å². The normalized spacial score (nSPS) is 15.8. The molecule has 0 amide bonds. The van der Waals surface area contributed by atoms with E-state index in [9.17, 15) is 10.1 Å². The Hall–Kier alpha value is -1.65. The van der Waals surface area contributed by atoms with E-state index in [0.717, 1.165) is 30.3 Å². The van der Waals surface area contributed by atoms with E-state index in [2.05, 4.69) is 10.3 Å². The lowest BCUT2D eigenvalue weighted by molar-refractivity contribution is -0.385. The Morgan fingerprint density at radius 3 is 2.83 bits per heavy atom. The summed E-state index contributed by atoms with van der Waals surface area (Å²) >= 11 is 0. The van der Waals surface area contributed by atoms with Crippen LogP contribution in [0.1, 0.15) is 37.7 Å². The van der Waals surface area contributed by atoms with Gasteiger partial charge in [0, 0.05) is 12.6 Å². The Balaban J connectivity index is 1.87. The summed E-state index contributed by atoms with van der Waals surface area (Å²) in [5, 5.41) is 13.9. The number of nitrogens with zero attached hydrogens (tertiary/aromatic N) is 2. The van der Waals surface area contributed by atoms with Gasteiger partial charge in [-0.15, -0.1) is 0 Å². The van der Waals surface area contributed by atoms with Crippen LogP contribution in [-0.2, 0) is 0 Å². The van der Waals surface area contributed by atoms with Crippen LogP contribution in [0.3, 0.4) is 0 Å². The molecule has 1 saturated carbocycles. The van der Waals surface area contributed by atoms with Crippen LogP contribution in [-0.4, -0.2) is 16.5 Å². The maximum absolute atomic E-state index is 10.6. The van der Waals surface area contributed by atoms with Crippen molar-refractivity contribution in [2.45, 2.75) is 39.0 Å². The number of pyridine rings is 1. The van der Waals surface area contributed by atoms with Gasteiger partial charge in [-0.1, -0.05) is 25.7 Å². The lowest BCUT2D eigenvalue weighted by Gasteiger charge is -2.11. The molecule has 0 aliphatic heterocycles. The van der Waals surface area contributed by atoms with E-state index in [-0.39, 0.29) is 5.69 Å². The predicted octanol–water partition coefficient (Wildman–Crippen LogP) is 3.29. The first-order valence-corrected chi connectivity index (χ1v) is 6.51. The molecule has 5 heteroatoms. The fourth-order valence-electron chi connectivity index (χ4n) is 2.54. The molecule has 5 nitrogen and oxygen atoms in total. The fraction of sp³-hybridized carbons (Fsp3) is 0.615. The molecule has 98 valence electrons. The summed E-state index contributed by atoms with van der Waals surface area (Å²) in [5.74, 6) is 1.61. The number of aromatic nitrogens is 1. The van der Waals surface area contributed by atoms with Gasteiger partial charge in [0.05, 0.1) is 4.92 Å². The van der Waals surface area contributed by atoms with Gasteiger partial charge in [0.15, 0.2) is 0 Å². The van der Waals surface area contributed by atoms with Crippen molar-refractivity contribution in [3.63, 3.8) is 0 Å². The van der Waals surface area contributed by atoms with Gasteiger partial charge in [-0.05, 0) is 24.8 Å². The third-order valence-corrected chi connectivity index (χ3v) is 3.59. The Morgan fingerprint density at radius 1 is 1.50 bits per heavy atom. The predicted molar refractivity (Wildman–Crippen MR) is 70.7 cm³/mol. The third-order valence-electron chi connectivity index (χ3n) is 3.59. The topological polar surface area (TPSA) is 68.1 Å². The van der Waals surface area contributed by atoms with Crippen molar-refractivity contribution in [2.24, 2.45) is 5.92 Å². The van der Waals surface area contributed by atoms with Gasteiger partial charge in [0.25, 0.3) is 5.69 Å². The van der Waals surface area contributed by atoms with Crippen molar-refractivity contribution < 1.29 is 4.92 Å². The summed E-state index contributed by atoms with van der Waals surface area (Å²) in [5.41, 5.74) is 0.879. The lowest BCUT2D eigenvalue weighted by Crippen LogP contribution is -2.09. The van der Waals surface area contributed by atoms with Crippen LogP contribution in [0.15, 0.2) is 12.3 Å². The highest BCUT2D eigenvalue weighted by Crippen LogP contribution is 2.27. The number of hydrogen-bond acceptors (Lipinski definition) is 4. The summed E-state index contributed by atoms with van der Waals surface area (Å²) in [6.45, 7) is 2.74. The van der Waals surface area contributed by atoms with E-state index in [4.69, 9.17) is 0 Å². The summed E-state index contributed by atoms with van der Waals surface area (Å²) < 4.78 is 0. The van der Waals surface area contributed by atoms with Gasteiger partial charge in [0.2, 0.25) is 0 Å². The molecule has 1 aliphatic rings. The van der Waals surface area contributed by atoms with Gasteiger partial charge in [-0.3, -0.25) is 10.1 Å². The number of hydrogen-bond donors (Lipinski definition) is 1. The van der Waals surface area contributed by atoms with Crippen LogP contribution in [0.4, 0.5) is 11.5 Å². The molecule has 1 aliphatic carbocycles. The zero-order valence-corrected chi connectivity index (χ0v) is 10.7. The van der Waals surface area contributed by atoms with Crippen molar-refractivity contribution >= 4 is 11.5 Å². The molecule has 0 bridgehead atoms. The van der Waals surface area contributed by atoms with E-state index in [1.165, 1.54) is 31.9 Å². The van der Waals surface area contributed by atoms with Gasteiger partial charge >= 0.3 is 0 Å². The van der Waals surface area contributed by atoms with E-state index in [1.54, 1.807) is 6.07 Å². The molecule has 1 fully saturated rings. The molecule has 1 heterocycles. The van der Waals surface area contributed by atoms with Crippen LogP contribution in [0, 0.1) is 23.0 Å². The van der Waals surface area contributed by atoms with Gasteiger partial charge < -0.3 is 5.32 Å². The molecular formula is C13H19N3O2. The second kappa shape index (κ2) is 5.80. The quantitative estimate of drug-likeness (QED) is 0.642. The number of rotatable bonds is 5. The summed E-state index contributed by atoms with van der Waals surface area (Å²) in [7, 11) is 0. The average molecular weight is 249 g/mol. The molecule has 18 heavy (non-hydrogen) atoms. The highest BCUT2D eigenvalue weighted by molar-refractivity contribution is 5.48. The molecule has 0 aromatic carbocycles. The largest absolute Gasteiger partial charge is 0.370 e. The van der Waals surface area contributed by atoms with E-state index in [1.807, 2.05) is 6.92 Å². The molecule has 0 unspecified atom stereocenters. The van der Waals surface area contributed by atoms with E-state index < -0.39 is 4.92 Å². The number of nitrogens with one attached hydrogen (secondary N) is 1. The maximum Gasteiger partial charge on any atom is 0.287 e. The fourth-order valence-corrected chi connectivity index (χ4v) is 2.54. The van der Waals surface area contributed by atoms with Crippen LogP contribution in [0.2, 0.25) is 0 Å². The molecule has 2 rings (SSSR count). The Bertz CT molecular complexity index is 428. The molecule has 1 N–H and O–H groups in total. The van der Waals surface area contributed by atoms with Crippen molar-refractivity contribution in [3.05, 3.63) is 27.9 Å². The Labute approximate surface area is 107 Å². The van der Waals surface area contributed by atoms with Crippen molar-refractivity contribution in [1.82, 2.24) is 4.98 Å². The Morgan fingerprint density at radius 2 is 2.22 bits per heavy atom. The molecule has 0 saturated heterocycles. The van der Waals surface area contributed by atoms with Gasteiger partial charge in [-0.2, -0.15) is 0 Å². The minimum atomic E-state index is -0.414. The zero-order valence-electron chi connectivity index (χ0n) is 10.7. The first-order chi connectivity index (χ1) is 8.66. The highest BCUT2D eigenvalue weighted by Gasteiger charge is 2.14. The second-order valence-electron chi connectivity index (χ2n) is 4.98. The van der Waals surface area contributed by atoms with Crippen LogP contribution in [0.25, 0.3) is 0 Å². The van der Waals surface area contributed by atoms with Crippen molar-refractivity contribution in [3.8, 4) is 0 Å². The van der Waals surface area contributed by atoms with Crippen LogP contribution < -0.4 is 5.32 Å². The smallest absolute Gasteiger partial charge is 0.287 e. The minimum absolute atomic E-state index is 0.0499. The standard InChI is InChI=1S/C13H19N3O2/c1-10-8-12(16(17)18)9-15-13(10)14-7-6-11-4-2-3-5-11/h8-9,11H,2-7H2,1H3,(H,14,15). The highest BCUT2D eigenvalue weighted by atomic mass is 16.6. The number of anilines is 1. The second-order valence-corrected chi connectivity index (χ2v) is 4.98. The molecular weight excluding hydrogens is 230 g/mol. The van der Waals surface area contributed by atoms with Gasteiger partial charge in [0.1, 0.15) is 12.0 Å². The molecule has 0 atom stereocenters.